The second-order valence-electron chi connectivity index (χ2n) is 8.25. The molecule has 4 rings (SSSR count). The minimum absolute atomic E-state index is 0.122. The number of nitriles is 1. The molecule has 8 heteroatoms. The lowest BCUT2D eigenvalue weighted by molar-refractivity contribution is 0.00889. The highest BCUT2D eigenvalue weighted by molar-refractivity contribution is 7.88. The molecule has 2 fully saturated rings. The molecule has 0 aromatic carbocycles. The highest BCUT2D eigenvalue weighted by Crippen LogP contribution is 2.61. The van der Waals surface area contributed by atoms with Gasteiger partial charge in [-0.05, 0) is 37.7 Å². The maximum Gasteiger partial charge on any atom is 0.208 e. The molecule has 7 nitrogen and oxygen atoms in total. The van der Waals surface area contributed by atoms with Crippen molar-refractivity contribution in [2.24, 2.45) is 5.41 Å². The highest BCUT2D eigenvalue weighted by atomic mass is 32.2. The van der Waals surface area contributed by atoms with E-state index in [0.717, 1.165) is 50.5 Å². The smallest absolute Gasteiger partial charge is 0.208 e. The summed E-state index contributed by atoms with van der Waals surface area (Å²) in [7, 11) is -3.24. The van der Waals surface area contributed by atoms with Gasteiger partial charge >= 0.3 is 0 Å². The number of sulfonamides is 1. The topological polar surface area (TPSA) is 94.5 Å². The Balaban J connectivity index is 1.64. The summed E-state index contributed by atoms with van der Waals surface area (Å²) in [4.78, 5) is 2.20. The molecular weight excluding hydrogens is 376 g/mol. The predicted molar refractivity (Wildman–Crippen MR) is 106 cm³/mol. The molecule has 1 saturated carbocycles. The molecule has 1 spiro atoms. The SMILES string of the molecule is CS(=O)(=O)NCCN[C@]1(CC#N)CC23CCCCC2=CN2C=CCCC2=C3O1. The second-order valence-corrected chi connectivity index (χ2v) is 10.1. The first-order valence-electron chi connectivity index (χ1n) is 10.0. The Morgan fingerprint density at radius 2 is 2.18 bits per heavy atom. The van der Waals surface area contributed by atoms with Crippen LogP contribution in [0.1, 0.15) is 51.4 Å². The Bertz CT molecular complexity index is 886. The fourth-order valence-corrected chi connectivity index (χ4v) is 5.56. The van der Waals surface area contributed by atoms with E-state index in [2.05, 4.69) is 39.5 Å². The van der Waals surface area contributed by atoms with Crippen LogP contribution in [0.4, 0.5) is 0 Å². The van der Waals surface area contributed by atoms with Gasteiger partial charge in [-0.15, -0.1) is 0 Å². The van der Waals surface area contributed by atoms with Crippen molar-refractivity contribution in [2.75, 3.05) is 19.3 Å². The van der Waals surface area contributed by atoms with Gasteiger partial charge in [0.25, 0.3) is 0 Å². The van der Waals surface area contributed by atoms with Gasteiger partial charge in [0.1, 0.15) is 5.76 Å². The van der Waals surface area contributed by atoms with E-state index in [4.69, 9.17) is 4.74 Å². The predicted octanol–water partition coefficient (Wildman–Crippen LogP) is 2.43. The molecule has 152 valence electrons. The van der Waals surface area contributed by atoms with Gasteiger partial charge in [-0.2, -0.15) is 5.26 Å². The van der Waals surface area contributed by atoms with Crippen molar-refractivity contribution in [2.45, 2.75) is 57.1 Å². The number of allylic oxidation sites excluding steroid dienone is 3. The van der Waals surface area contributed by atoms with Crippen LogP contribution in [0.25, 0.3) is 0 Å². The van der Waals surface area contributed by atoms with Crippen LogP contribution in [0, 0.1) is 16.7 Å². The molecule has 0 aromatic heterocycles. The number of ether oxygens (including phenoxy) is 1. The molecule has 0 bridgehead atoms. The first-order chi connectivity index (χ1) is 13.4. The zero-order chi connectivity index (χ0) is 19.8. The standard InChI is InChI=1S/C20H28N4O3S/c1-28(25,26)23-12-11-22-20(9-10-21)15-19-8-4-2-6-16(19)14-24-13-5-3-7-17(24)18(19)27-20/h5,13-14,22-23H,2-4,6-9,11-12,15H2,1H3/t19?,20-/m0/s1. The van der Waals surface area contributed by atoms with Crippen molar-refractivity contribution in [3.8, 4) is 6.07 Å². The van der Waals surface area contributed by atoms with E-state index in [-0.39, 0.29) is 18.4 Å². The van der Waals surface area contributed by atoms with Gasteiger partial charge in [-0.3, -0.25) is 5.32 Å². The maximum atomic E-state index is 11.3. The summed E-state index contributed by atoms with van der Waals surface area (Å²) >= 11 is 0. The van der Waals surface area contributed by atoms with Crippen molar-refractivity contribution >= 4 is 10.0 Å². The van der Waals surface area contributed by atoms with Crippen molar-refractivity contribution in [3.05, 3.63) is 35.5 Å². The molecule has 4 aliphatic rings. The molecule has 28 heavy (non-hydrogen) atoms. The Kier molecular flexibility index (Phi) is 5.02. The lowest BCUT2D eigenvalue weighted by Crippen LogP contribution is -2.48. The third kappa shape index (κ3) is 3.47. The fourth-order valence-electron chi connectivity index (χ4n) is 5.08. The summed E-state index contributed by atoms with van der Waals surface area (Å²) in [5.74, 6) is 1.04. The van der Waals surface area contributed by atoms with E-state index in [9.17, 15) is 13.7 Å². The summed E-state index contributed by atoms with van der Waals surface area (Å²) in [6, 6.07) is 2.29. The van der Waals surface area contributed by atoms with Crippen LogP contribution in [0.3, 0.4) is 0 Å². The summed E-state index contributed by atoms with van der Waals surface area (Å²) in [5, 5.41) is 12.9. The van der Waals surface area contributed by atoms with Crippen molar-refractivity contribution < 1.29 is 13.2 Å². The average molecular weight is 405 g/mol. The lowest BCUT2D eigenvalue weighted by atomic mass is 9.65. The van der Waals surface area contributed by atoms with E-state index in [1.54, 1.807) is 0 Å². The van der Waals surface area contributed by atoms with Crippen LogP contribution in [0.2, 0.25) is 0 Å². The van der Waals surface area contributed by atoms with Crippen LogP contribution in [0.5, 0.6) is 0 Å². The quantitative estimate of drug-likeness (QED) is 0.661. The third-order valence-electron chi connectivity index (χ3n) is 6.22. The van der Waals surface area contributed by atoms with Crippen molar-refractivity contribution in [1.82, 2.24) is 14.9 Å². The van der Waals surface area contributed by atoms with E-state index in [1.807, 2.05) is 0 Å². The zero-order valence-electron chi connectivity index (χ0n) is 16.3. The molecule has 0 radical (unpaired) electrons. The summed E-state index contributed by atoms with van der Waals surface area (Å²) in [5.41, 5.74) is 1.72. The molecule has 1 aliphatic carbocycles. The van der Waals surface area contributed by atoms with Gasteiger partial charge in [0, 0.05) is 31.9 Å². The van der Waals surface area contributed by atoms with Crippen molar-refractivity contribution in [1.29, 1.82) is 5.26 Å². The molecule has 1 saturated heterocycles. The van der Waals surface area contributed by atoms with E-state index >= 15 is 0 Å². The molecular formula is C20H28N4O3S. The number of nitrogens with one attached hydrogen (secondary N) is 2. The molecule has 2 atom stereocenters. The van der Waals surface area contributed by atoms with E-state index in [0.29, 0.717) is 6.54 Å². The Labute approximate surface area is 167 Å². The number of nitrogens with zero attached hydrogens (tertiary/aromatic N) is 2. The summed E-state index contributed by atoms with van der Waals surface area (Å²) in [6.07, 6.45) is 15.1. The summed E-state index contributed by atoms with van der Waals surface area (Å²) < 4.78 is 31.8. The fraction of sp³-hybridized carbons (Fsp3) is 0.650. The molecule has 1 unspecified atom stereocenters. The number of rotatable bonds is 6. The van der Waals surface area contributed by atoms with Gasteiger partial charge in [0.15, 0.2) is 5.72 Å². The number of hydrogen-bond donors (Lipinski definition) is 2. The monoisotopic (exact) mass is 404 g/mol. The van der Waals surface area contributed by atoms with Crippen LogP contribution in [0.15, 0.2) is 35.5 Å². The third-order valence-corrected chi connectivity index (χ3v) is 6.95. The normalized spacial score (nSPS) is 31.4. The van der Waals surface area contributed by atoms with E-state index in [1.165, 1.54) is 17.7 Å². The Morgan fingerprint density at radius 1 is 1.32 bits per heavy atom. The van der Waals surface area contributed by atoms with Gasteiger partial charge < -0.3 is 9.64 Å². The number of fused-ring (bicyclic) bond motifs is 1. The summed E-state index contributed by atoms with van der Waals surface area (Å²) in [6.45, 7) is 0.682. The average Bonchev–Trinajstić information content (AvgIpc) is 2.97. The highest BCUT2D eigenvalue weighted by Gasteiger charge is 2.58. The van der Waals surface area contributed by atoms with Gasteiger partial charge in [0.05, 0.1) is 29.9 Å². The molecule has 3 heterocycles. The van der Waals surface area contributed by atoms with Gasteiger partial charge in [-0.1, -0.05) is 12.5 Å². The van der Waals surface area contributed by atoms with Crippen LogP contribution < -0.4 is 10.0 Å². The van der Waals surface area contributed by atoms with Crippen molar-refractivity contribution in [3.63, 3.8) is 0 Å². The largest absolute Gasteiger partial charge is 0.473 e. The lowest BCUT2D eigenvalue weighted by Gasteiger charge is -2.42. The second kappa shape index (κ2) is 7.21. The maximum absolute atomic E-state index is 11.3. The molecule has 2 N–H and O–H groups in total. The minimum Gasteiger partial charge on any atom is -0.473 e. The van der Waals surface area contributed by atoms with Crippen LogP contribution in [-0.4, -0.2) is 38.4 Å². The molecule has 3 aliphatic heterocycles. The first kappa shape index (κ1) is 19.5. The molecule has 0 amide bonds. The Morgan fingerprint density at radius 3 is 2.96 bits per heavy atom. The van der Waals surface area contributed by atoms with Gasteiger partial charge in [0.2, 0.25) is 10.0 Å². The zero-order valence-corrected chi connectivity index (χ0v) is 17.1. The first-order valence-corrected chi connectivity index (χ1v) is 11.9. The minimum atomic E-state index is -3.24. The number of hydrogen-bond acceptors (Lipinski definition) is 6. The van der Waals surface area contributed by atoms with E-state index < -0.39 is 15.7 Å². The van der Waals surface area contributed by atoms with Crippen LogP contribution in [-0.2, 0) is 14.8 Å². The van der Waals surface area contributed by atoms with Crippen LogP contribution >= 0.6 is 0 Å². The van der Waals surface area contributed by atoms with Gasteiger partial charge in [-0.25, -0.2) is 13.1 Å². The molecule has 0 aromatic rings. The Hall–Kier alpha value is -1.82.